The molecule has 280 valence electrons. The molecule has 0 unspecified atom stereocenters. The number of ether oxygens (including phenoxy) is 1. The summed E-state index contributed by atoms with van der Waals surface area (Å²) in [6, 6.07) is 19.5. The van der Waals surface area contributed by atoms with Crippen LogP contribution in [0, 0.1) is 5.92 Å². The molecule has 0 spiro atoms. The van der Waals surface area contributed by atoms with Gasteiger partial charge in [-0.3, -0.25) is 4.79 Å². The normalized spacial score (nSPS) is 17.2. The van der Waals surface area contributed by atoms with Gasteiger partial charge in [0, 0.05) is 5.92 Å². The van der Waals surface area contributed by atoms with Crippen molar-refractivity contribution in [2.75, 3.05) is 6.61 Å². The maximum Gasteiger partial charge on any atom is 0.417 e. The van der Waals surface area contributed by atoms with E-state index in [4.69, 9.17) is 9.16 Å². The van der Waals surface area contributed by atoms with Crippen molar-refractivity contribution in [3.05, 3.63) is 71.8 Å². The minimum Gasteiger partial charge on any atom is -0.447 e. The third kappa shape index (κ3) is 12.6. The van der Waals surface area contributed by atoms with E-state index < -0.39 is 38.6 Å². The van der Waals surface area contributed by atoms with Crippen LogP contribution >= 0.6 is 0 Å². The zero-order valence-electron chi connectivity index (χ0n) is 32.5. The third-order valence-corrected chi connectivity index (χ3v) is 15.8. The number of carbonyl (C=O) groups excluding carboxylic acids is 2. The van der Waals surface area contributed by atoms with Crippen LogP contribution in [0.1, 0.15) is 148 Å². The largest absolute Gasteiger partial charge is 0.447 e. The Balaban J connectivity index is 1.69. The molecule has 2 amide bonds. The number of aliphatic hydroxyl groups excluding tert-OH is 1. The second-order valence-corrected chi connectivity index (χ2v) is 21.0. The van der Waals surface area contributed by atoms with E-state index in [1.165, 1.54) is 75.5 Å². The highest BCUT2D eigenvalue weighted by Gasteiger charge is 2.48. The zero-order chi connectivity index (χ0) is 36.6. The molecular formula is C43H69NO5Si. The summed E-state index contributed by atoms with van der Waals surface area (Å²) in [7, 11) is -2.23. The average molecular weight is 708 g/mol. The maximum absolute atomic E-state index is 14.6. The first-order valence-electron chi connectivity index (χ1n) is 19.8. The molecule has 1 N–H and O–H groups in total. The molecule has 7 heteroatoms. The smallest absolute Gasteiger partial charge is 0.417 e. The highest BCUT2D eigenvalue weighted by atomic mass is 28.4. The molecule has 0 radical (unpaired) electrons. The van der Waals surface area contributed by atoms with Gasteiger partial charge in [0.15, 0.2) is 8.32 Å². The van der Waals surface area contributed by atoms with Crippen LogP contribution in [0.15, 0.2) is 60.7 Å². The van der Waals surface area contributed by atoms with Gasteiger partial charge >= 0.3 is 6.09 Å². The van der Waals surface area contributed by atoms with E-state index in [0.29, 0.717) is 6.42 Å². The van der Waals surface area contributed by atoms with Crippen LogP contribution in [0.4, 0.5) is 4.79 Å². The lowest BCUT2D eigenvalue weighted by Gasteiger charge is -2.41. The van der Waals surface area contributed by atoms with Crippen molar-refractivity contribution < 1.29 is 23.9 Å². The number of unbranched alkanes of at least 4 members (excludes halogenated alkanes) is 13. The Labute approximate surface area is 305 Å². The summed E-state index contributed by atoms with van der Waals surface area (Å²) < 4.78 is 12.2. The number of cyclic esters (lactones) is 1. The van der Waals surface area contributed by atoms with Gasteiger partial charge in [-0.05, 0) is 42.6 Å². The minimum absolute atomic E-state index is 0.0441. The Morgan fingerprint density at radius 2 is 1.26 bits per heavy atom. The lowest BCUT2D eigenvalue weighted by Crippen LogP contribution is -2.52. The number of imide groups is 1. The van der Waals surface area contributed by atoms with E-state index >= 15 is 0 Å². The molecule has 2 aromatic carbocycles. The SMILES string of the molecule is CCCCCCCCCCCCCCCC[C@@H](C(=O)N1C(=O)OC[C@H]1C(c1ccccc1)c1ccccc1)[C@@H](O)[C@H](C)O[Si](C)(C)C(C)(C)C. The van der Waals surface area contributed by atoms with Crippen LogP contribution in [0.5, 0.6) is 0 Å². The van der Waals surface area contributed by atoms with Crippen molar-refractivity contribution in [2.45, 2.75) is 173 Å². The maximum atomic E-state index is 14.6. The molecular weight excluding hydrogens is 639 g/mol. The summed E-state index contributed by atoms with van der Waals surface area (Å²) in [6.07, 6.45) is 15.8. The number of nitrogens with zero attached hydrogens (tertiary/aromatic N) is 1. The Hall–Kier alpha value is -2.48. The van der Waals surface area contributed by atoms with Crippen LogP contribution in [0.2, 0.25) is 18.1 Å². The lowest BCUT2D eigenvalue weighted by molar-refractivity contribution is -0.140. The number of aliphatic hydroxyl groups is 1. The molecule has 1 heterocycles. The predicted octanol–water partition coefficient (Wildman–Crippen LogP) is 11.4. The van der Waals surface area contributed by atoms with E-state index in [0.717, 1.165) is 30.4 Å². The van der Waals surface area contributed by atoms with Crippen molar-refractivity contribution in [3.8, 4) is 0 Å². The summed E-state index contributed by atoms with van der Waals surface area (Å²) >= 11 is 0. The van der Waals surface area contributed by atoms with Crippen molar-refractivity contribution in [1.82, 2.24) is 4.90 Å². The van der Waals surface area contributed by atoms with E-state index in [9.17, 15) is 14.7 Å². The molecule has 1 aliphatic heterocycles. The molecule has 0 saturated carbocycles. The minimum atomic E-state index is -2.23. The first-order chi connectivity index (χ1) is 23.9. The van der Waals surface area contributed by atoms with Crippen molar-refractivity contribution in [1.29, 1.82) is 0 Å². The lowest BCUT2D eigenvalue weighted by atomic mass is 9.83. The number of rotatable bonds is 23. The van der Waals surface area contributed by atoms with Gasteiger partial charge in [-0.2, -0.15) is 0 Å². The molecule has 1 fully saturated rings. The van der Waals surface area contributed by atoms with E-state index in [1.807, 2.05) is 67.6 Å². The summed E-state index contributed by atoms with van der Waals surface area (Å²) in [6.45, 7) is 15.1. The first kappa shape index (κ1) is 41.9. The quantitative estimate of drug-likeness (QED) is 0.0919. The van der Waals surface area contributed by atoms with Crippen molar-refractivity contribution >= 4 is 20.3 Å². The Morgan fingerprint density at radius 1 is 0.820 bits per heavy atom. The molecule has 3 rings (SSSR count). The van der Waals surface area contributed by atoms with Gasteiger partial charge in [0.1, 0.15) is 6.61 Å². The Bertz CT molecular complexity index is 1210. The fraction of sp³-hybridized carbons (Fsp3) is 0.674. The highest BCUT2D eigenvalue weighted by Crippen LogP contribution is 2.39. The molecule has 2 aromatic rings. The van der Waals surface area contributed by atoms with Gasteiger partial charge in [-0.1, -0.05) is 178 Å². The second kappa shape index (κ2) is 21.1. The van der Waals surface area contributed by atoms with E-state index in [-0.39, 0.29) is 23.5 Å². The summed E-state index contributed by atoms with van der Waals surface area (Å²) in [5.74, 6) is -1.39. The summed E-state index contributed by atoms with van der Waals surface area (Å²) in [5.41, 5.74) is 2.03. The van der Waals surface area contributed by atoms with E-state index in [1.54, 1.807) is 0 Å². The summed E-state index contributed by atoms with van der Waals surface area (Å²) in [5, 5.41) is 11.8. The molecule has 0 aromatic heterocycles. The van der Waals surface area contributed by atoms with Crippen molar-refractivity contribution in [2.24, 2.45) is 5.92 Å². The second-order valence-electron chi connectivity index (χ2n) is 16.2. The van der Waals surface area contributed by atoms with Crippen LogP contribution in [0.25, 0.3) is 0 Å². The number of amides is 2. The average Bonchev–Trinajstić information content (AvgIpc) is 3.46. The molecule has 50 heavy (non-hydrogen) atoms. The Kier molecular flexibility index (Phi) is 17.7. The van der Waals surface area contributed by atoms with Crippen molar-refractivity contribution in [3.63, 3.8) is 0 Å². The van der Waals surface area contributed by atoms with Crippen LogP contribution in [0.3, 0.4) is 0 Å². The number of hydrogen-bond acceptors (Lipinski definition) is 5. The first-order valence-corrected chi connectivity index (χ1v) is 22.8. The fourth-order valence-corrected chi connectivity index (χ4v) is 8.53. The van der Waals surface area contributed by atoms with Gasteiger partial charge in [-0.25, -0.2) is 9.69 Å². The molecule has 6 nitrogen and oxygen atoms in total. The molecule has 1 saturated heterocycles. The summed E-state index contributed by atoms with van der Waals surface area (Å²) in [4.78, 5) is 29.4. The molecule has 0 bridgehead atoms. The third-order valence-electron chi connectivity index (χ3n) is 11.2. The van der Waals surface area contributed by atoms with Gasteiger partial charge < -0.3 is 14.3 Å². The number of benzene rings is 2. The molecule has 4 atom stereocenters. The number of carbonyl (C=O) groups is 2. The van der Waals surface area contributed by atoms with Crippen LogP contribution in [-0.4, -0.2) is 55.2 Å². The monoisotopic (exact) mass is 707 g/mol. The molecule has 1 aliphatic rings. The molecule has 0 aliphatic carbocycles. The fourth-order valence-electron chi connectivity index (χ4n) is 7.11. The highest BCUT2D eigenvalue weighted by molar-refractivity contribution is 6.74. The zero-order valence-corrected chi connectivity index (χ0v) is 33.5. The standard InChI is InChI=1S/C43H69NO5Si/c1-8-9-10-11-12-13-14-15-16-17-18-19-20-27-32-37(40(45)34(2)49-50(6,7)43(3,4)5)41(46)44-38(33-48-42(44)47)39(35-28-23-21-24-29-35)36-30-25-22-26-31-36/h21-26,28-31,34,37-40,45H,8-20,27,32-33H2,1-7H3/t34-,37+,38-,40-/m0/s1. The van der Waals surface area contributed by atoms with Crippen LogP contribution < -0.4 is 0 Å². The predicted molar refractivity (Wildman–Crippen MR) is 209 cm³/mol. The van der Waals surface area contributed by atoms with Gasteiger partial charge in [-0.15, -0.1) is 0 Å². The van der Waals surface area contributed by atoms with Gasteiger partial charge in [0.05, 0.1) is 24.2 Å². The number of hydrogen-bond donors (Lipinski definition) is 1. The van der Waals surface area contributed by atoms with Crippen LogP contribution in [-0.2, 0) is 14.0 Å². The van der Waals surface area contributed by atoms with E-state index in [2.05, 4.69) is 40.8 Å². The van der Waals surface area contributed by atoms with Gasteiger partial charge in [0.2, 0.25) is 5.91 Å². The Morgan fingerprint density at radius 3 is 1.70 bits per heavy atom. The van der Waals surface area contributed by atoms with Gasteiger partial charge in [0.25, 0.3) is 0 Å². The topological polar surface area (TPSA) is 76.1 Å².